The first-order valence-electron chi connectivity index (χ1n) is 8.01. The lowest BCUT2D eigenvalue weighted by Gasteiger charge is -2.23. The highest BCUT2D eigenvalue weighted by molar-refractivity contribution is 7.13. The Labute approximate surface area is 140 Å². The Hall–Kier alpha value is -1.72. The molecular weight excluding hydrogens is 308 g/mol. The Balaban J connectivity index is 1.74. The van der Waals surface area contributed by atoms with Gasteiger partial charge in [-0.15, -0.1) is 11.3 Å². The molecule has 1 amide bonds. The van der Waals surface area contributed by atoms with Gasteiger partial charge >= 0.3 is 0 Å². The lowest BCUT2D eigenvalue weighted by atomic mass is 10.0. The van der Waals surface area contributed by atoms with Crippen LogP contribution in [-0.2, 0) is 0 Å². The summed E-state index contributed by atoms with van der Waals surface area (Å²) >= 11 is 1.64. The zero-order valence-electron chi connectivity index (χ0n) is 13.5. The minimum Gasteiger partial charge on any atom is -0.393 e. The molecular formula is C18H22N2O2S. The number of carbonyl (C=O) groups is 1. The van der Waals surface area contributed by atoms with Crippen LogP contribution in [0.15, 0.2) is 29.6 Å². The van der Waals surface area contributed by atoms with Crippen molar-refractivity contribution in [3.63, 3.8) is 0 Å². The van der Waals surface area contributed by atoms with Crippen LogP contribution in [-0.4, -0.2) is 40.6 Å². The summed E-state index contributed by atoms with van der Waals surface area (Å²) in [6.07, 6.45) is 2.62. The monoisotopic (exact) mass is 330 g/mol. The number of carbonyl (C=O) groups excluding carboxylic acids is 1. The van der Waals surface area contributed by atoms with Crippen LogP contribution in [0.25, 0.3) is 10.6 Å². The second kappa shape index (κ2) is 6.81. The van der Waals surface area contributed by atoms with Crippen molar-refractivity contribution in [1.29, 1.82) is 0 Å². The van der Waals surface area contributed by atoms with E-state index in [0.29, 0.717) is 12.1 Å². The molecule has 1 saturated carbocycles. The average Bonchev–Trinajstić information content (AvgIpc) is 3.19. The fourth-order valence-electron chi connectivity index (χ4n) is 3.22. The van der Waals surface area contributed by atoms with Crippen LogP contribution in [0.3, 0.4) is 0 Å². The largest absolute Gasteiger partial charge is 0.393 e. The van der Waals surface area contributed by atoms with Crippen LogP contribution in [0.2, 0.25) is 0 Å². The van der Waals surface area contributed by atoms with Gasteiger partial charge in [0.05, 0.1) is 27.9 Å². The zero-order chi connectivity index (χ0) is 16.4. The molecule has 4 nitrogen and oxygen atoms in total. The van der Waals surface area contributed by atoms with Gasteiger partial charge in [0.1, 0.15) is 0 Å². The molecule has 0 saturated heterocycles. The third-order valence-corrected chi connectivity index (χ3v) is 5.46. The summed E-state index contributed by atoms with van der Waals surface area (Å²) in [6.45, 7) is 2.48. The van der Waals surface area contributed by atoms with E-state index in [1.807, 2.05) is 36.6 Å². The molecule has 5 heteroatoms. The van der Waals surface area contributed by atoms with Gasteiger partial charge in [0.2, 0.25) is 0 Å². The number of aryl methyl sites for hydroxylation is 1. The maximum atomic E-state index is 12.7. The lowest BCUT2D eigenvalue weighted by molar-refractivity contribution is 0.0692. The predicted octanol–water partition coefficient (Wildman–Crippen LogP) is 3.35. The van der Waals surface area contributed by atoms with E-state index in [0.717, 1.165) is 35.5 Å². The minimum absolute atomic E-state index is 0.0215. The van der Waals surface area contributed by atoms with Crippen molar-refractivity contribution in [3.05, 3.63) is 40.9 Å². The predicted molar refractivity (Wildman–Crippen MR) is 92.6 cm³/mol. The van der Waals surface area contributed by atoms with Crippen molar-refractivity contribution in [1.82, 2.24) is 9.88 Å². The number of aliphatic hydroxyl groups excluding tert-OH is 1. The summed E-state index contributed by atoms with van der Waals surface area (Å²) < 4.78 is 0. The second-order valence-electron chi connectivity index (χ2n) is 6.25. The summed E-state index contributed by atoms with van der Waals surface area (Å²) in [7, 11) is 1.81. The van der Waals surface area contributed by atoms with Crippen molar-refractivity contribution < 1.29 is 9.90 Å². The summed E-state index contributed by atoms with van der Waals surface area (Å²) in [5, 5.41) is 12.0. The fourth-order valence-corrected chi connectivity index (χ4v) is 3.91. The number of rotatable bonds is 4. The number of pyridine rings is 1. The Morgan fingerprint density at radius 1 is 1.39 bits per heavy atom. The molecule has 1 N–H and O–H groups in total. The topological polar surface area (TPSA) is 53.4 Å². The number of aliphatic hydroxyl groups is 1. The van der Waals surface area contributed by atoms with E-state index in [2.05, 4.69) is 4.98 Å². The van der Waals surface area contributed by atoms with Gasteiger partial charge in [0.15, 0.2) is 0 Å². The van der Waals surface area contributed by atoms with Gasteiger partial charge in [-0.05, 0) is 43.3 Å². The van der Waals surface area contributed by atoms with Crippen molar-refractivity contribution >= 4 is 17.2 Å². The Morgan fingerprint density at radius 3 is 2.83 bits per heavy atom. The summed E-state index contributed by atoms with van der Waals surface area (Å²) in [4.78, 5) is 20.1. The van der Waals surface area contributed by atoms with Crippen LogP contribution in [0.1, 0.15) is 35.3 Å². The van der Waals surface area contributed by atoms with Crippen LogP contribution in [0.4, 0.5) is 0 Å². The molecule has 2 aromatic rings. The van der Waals surface area contributed by atoms with E-state index in [1.165, 1.54) is 0 Å². The van der Waals surface area contributed by atoms with Crippen molar-refractivity contribution in [2.75, 3.05) is 13.6 Å². The van der Waals surface area contributed by atoms with E-state index < -0.39 is 0 Å². The van der Waals surface area contributed by atoms with E-state index in [4.69, 9.17) is 0 Å². The molecule has 2 unspecified atom stereocenters. The van der Waals surface area contributed by atoms with Crippen LogP contribution < -0.4 is 0 Å². The standard InChI is InChI=1S/C18H22N2O2S/c1-12-14(8-9-15(19-12)17-7-4-10-23-17)18(22)20(2)11-13-5-3-6-16(13)21/h4,7-10,13,16,21H,3,5-6,11H2,1-2H3. The van der Waals surface area contributed by atoms with Gasteiger partial charge in [-0.1, -0.05) is 12.5 Å². The summed E-state index contributed by atoms with van der Waals surface area (Å²) in [5.74, 6) is 0.175. The molecule has 0 spiro atoms. The van der Waals surface area contributed by atoms with Gasteiger partial charge in [0.25, 0.3) is 5.91 Å². The van der Waals surface area contributed by atoms with Crippen LogP contribution in [0, 0.1) is 12.8 Å². The molecule has 1 aliphatic carbocycles. The Kier molecular flexibility index (Phi) is 4.78. The van der Waals surface area contributed by atoms with Crippen LogP contribution >= 0.6 is 11.3 Å². The molecule has 1 fully saturated rings. The first kappa shape index (κ1) is 16.1. The number of amides is 1. The molecule has 23 heavy (non-hydrogen) atoms. The van der Waals surface area contributed by atoms with Crippen molar-refractivity contribution in [2.45, 2.75) is 32.3 Å². The molecule has 0 aromatic carbocycles. The first-order valence-corrected chi connectivity index (χ1v) is 8.89. The maximum Gasteiger partial charge on any atom is 0.255 e. The first-order chi connectivity index (χ1) is 11.1. The third-order valence-electron chi connectivity index (χ3n) is 4.56. The SMILES string of the molecule is Cc1nc(-c2cccs2)ccc1C(=O)N(C)CC1CCCC1O. The van der Waals surface area contributed by atoms with E-state index in [1.54, 1.807) is 23.3 Å². The average molecular weight is 330 g/mol. The molecule has 0 radical (unpaired) electrons. The van der Waals surface area contributed by atoms with Crippen LogP contribution in [0.5, 0.6) is 0 Å². The second-order valence-corrected chi connectivity index (χ2v) is 7.20. The van der Waals surface area contributed by atoms with Gasteiger partial charge in [-0.3, -0.25) is 9.78 Å². The molecule has 122 valence electrons. The van der Waals surface area contributed by atoms with Gasteiger partial charge in [-0.2, -0.15) is 0 Å². The highest BCUT2D eigenvalue weighted by Gasteiger charge is 2.28. The number of hydrogen-bond donors (Lipinski definition) is 1. The molecule has 0 bridgehead atoms. The quantitative estimate of drug-likeness (QED) is 0.935. The molecule has 2 aromatic heterocycles. The van der Waals surface area contributed by atoms with Gasteiger partial charge in [-0.25, -0.2) is 0 Å². The Bertz CT molecular complexity index is 684. The third kappa shape index (κ3) is 3.46. The highest BCUT2D eigenvalue weighted by atomic mass is 32.1. The van der Waals surface area contributed by atoms with E-state index in [-0.39, 0.29) is 17.9 Å². The number of thiophene rings is 1. The molecule has 2 heterocycles. The molecule has 1 aliphatic rings. The lowest BCUT2D eigenvalue weighted by Crippen LogP contribution is -2.34. The molecule has 2 atom stereocenters. The smallest absolute Gasteiger partial charge is 0.255 e. The van der Waals surface area contributed by atoms with Crippen molar-refractivity contribution in [2.24, 2.45) is 5.92 Å². The number of nitrogens with zero attached hydrogens (tertiary/aromatic N) is 2. The normalized spacial score (nSPS) is 20.7. The molecule has 0 aliphatic heterocycles. The summed E-state index contributed by atoms with van der Waals surface area (Å²) in [6, 6.07) is 7.80. The molecule has 3 rings (SSSR count). The number of hydrogen-bond acceptors (Lipinski definition) is 4. The maximum absolute atomic E-state index is 12.7. The van der Waals surface area contributed by atoms with Gasteiger partial charge < -0.3 is 10.0 Å². The minimum atomic E-state index is -0.273. The van der Waals surface area contributed by atoms with Crippen molar-refractivity contribution in [3.8, 4) is 10.6 Å². The van der Waals surface area contributed by atoms with E-state index >= 15 is 0 Å². The fraction of sp³-hybridized carbons (Fsp3) is 0.444. The summed E-state index contributed by atoms with van der Waals surface area (Å²) in [5.41, 5.74) is 2.29. The van der Waals surface area contributed by atoms with Gasteiger partial charge in [0, 0.05) is 19.5 Å². The zero-order valence-corrected chi connectivity index (χ0v) is 14.3. The highest BCUT2D eigenvalue weighted by Crippen LogP contribution is 2.27. The Morgan fingerprint density at radius 2 is 2.22 bits per heavy atom. The van der Waals surface area contributed by atoms with E-state index in [9.17, 15) is 9.90 Å². The number of aromatic nitrogens is 1.